The second kappa shape index (κ2) is 7.32. The molecular formula is C24H29N3O. The molecule has 28 heavy (non-hydrogen) atoms. The van der Waals surface area contributed by atoms with Crippen molar-refractivity contribution in [3.05, 3.63) is 66.0 Å². The van der Waals surface area contributed by atoms with Crippen molar-refractivity contribution in [3.63, 3.8) is 0 Å². The largest absolute Gasteiger partial charge is 0.339 e. The van der Waals surface area contributed by atoms with E-state index in [1.807, 2.05) is 17.0 Å². The fourth-order valence-corrected chi connectivity index (χ4v) is 5.31. The van der Waals surface area contributed by atoms with Gasteiger partial charge in [-0.1, -0.05) is 30.3 Å². The summed E-state index contributed by atoms with van der Waals surface area (Å²) < 4.78 is 0. The van der Waals surface area contributed by atoms with Crippen molar-refractivity contribution in [2.75, 3.05) is 26.2 Å². The maximum Gasteiger partial charge on any atom is 0.255 e. The number of aromatic nitrogens is 1. The first-order valence-electron chi connectivity index (χ1n) is 10.7. The number of pyridine rings is 1. The van der Waals surface area contributed by atoms with Crippen molar-refractivity contribution >= 4 is 5.91 Å². The Kier molecular flexibility index (Phi) is 4.67. The fourth-order valence-electron chi connectivity index (χ4n) is 5.31. The zero-order chi connectivity index (χ0) is 19.0. The SMILES string of the molecule is O=C(c1cccnc1)N1CCC2(CC1)CC(c1ccccc1)CN(C1CC1)C2. The van der Waals surface area contributed by atoms with Crippen LogP contribution in [0.4, 0.5) is 0 Å². The molecule has 2 aliphatic heterocycles. The maximum atomic E-state index is 12.8. The Labute approximate surface area is 167 Å². The van der Waals surface area contributed by atoms with E-state index in [1.165, 1.54) is 37.9 Å². The lowest BCUT2D eigenvalue weighted by atomic mass is 9.68. The summed E-state index contributed by atoms with van der Waals surface area (Å²) in [6.45, 7) is 4.16. The van der Waals surface area contributed by atoms with Crippen LogP contribution in [0.5, 0.6) is 0 Å². The standard InChI is InChI=1S/C24H29N3O/c28-23(20-7-4-12-25-16-20)26-13-10-24(11-14-26)15-21(19-5-2-1-3-6-19)17-27(18-24)22-8-9-22/h1-7,12,16,21-22H,8-11,13-15,17-18H2. The van der Waals surface area contributed by atoms with Crippen LogP contribution in [0.3, 0.4) is 0 Å². The highest BCUT2D eigenvalue weighted by atomic mass is 16.2. The van der Waals surface area contributed by atoms with Crippen molar-refractivity contribution < 1.29 is 4.79 Å². The first kappa shape index (κ1) is 17.9. The second-order valence-electron chi connectivity index (χ2n) is 9.01. The predicted octanol–water partition coefficient (Wildman–Crippen LogP) is 3.96. The third kappa shape index (κ3) is 3.58. The van der Waals surface area contributed by atoms with Crippen molar-refractivity contribution in [1.29, 1.82) is 0 Å². The van der Waals surface area contributed by atoms with E-state index in [0.717, 1.165) is 32.0 Å². The van der Waals surface area contributed by atoms with Gasteiger partial charge in [-0.3, -0.25) is 14.7 Å². The van der Waals surface area contributed by atoms with Crippen LogP contribution < -0.4 is 0 Å². The molecule has 2 saturated heterocycles. The summed E-state index contributed by atoms with van der Waals surface area (Å²) in [4.78, 5) is 21.7. The molecule has 0 N–H and O–H groups in total. The molecule has 3 heterocycles. The quantitative estimate of drug-likeness (QED) is 0.815. The van der Waals surface area contributed by atoms with Crippen molar-refractivity contribution in [2.24, 2.45) is 5.41 Å². The van der Waals surface area contributed by atoms with Gasteiger partial charge in [0.25, 0.3) is 5.91 Å². The summed E-state index contributed by atoms with van der Waals surface area (Å²) in [5.74, 6) is 0.758. The van der Waals surface area contributed by atoms with Crippen LogP contribution in [-0.4, -0.2) is 52.9 Å². The smallest absolute Gasteiger partial charge is 0.255 e. The molecule has 1 spiro atoms. The lowest BCUT2D eigenvalue weighted by molar-refractivity contribution is 0.0111. The lowest BCUT2D eigenvalue weighted by Crippen LogP contribution is -2.53. The molecule has 5 rings (SSSR count). The number of hydrogen-bond acceptors (Lipinski definition) is 3. The number of rotatable bonds is 3. The molecule has 0 radical (unpaired) electrons. The van der Waals surface area contributed by atoms with Crippen LogP contribution in [0, 0.1) is 5.41 Å². The van der Waals surface area contributed by atoms with E-state index in [-0.39, 0.29) is 5.91 Å². The van der Waals surface area contributed by atoms with Crippen LogP contribution in [0.15, 0.2) is 54.9 Å². The Balaban J connectivity index is 1.31. The van der Waals surface area contributed by atoms with Crippen molar-refractivity contribution in [2.45, 2.75) is 44.1 Å². The van der Waals surface area contributed by atoms with E-state index in [4.69, 9.17) is 0 Å². The third-order valence-electron chi connectivity index (χ3n) is 7.03. The molecular weight excluding hydrogens is 346 g/mol. The van der Waals surface area contributed by atoms with Gasteiger partial charge in [-0.25, -0.2) is 0 Å². The minimum absolute atomic E-state index is 0.136. The van der Waals surface area contributed by atoms with Crippen LogP contribution in [0.2, 0.25) is 0 Å². The number of benzene rings is 1. The zero-order valence-electron chi connectivity index (χ0n) is 16.5. The Morgan fingerprint density at radius 1 is 1.04 bits per heavy atom. The van der Waals surface area contributed by atoms with Gasteiger partial charge in [0, 0.05) is 44.6 Å². The van der Waals surface area contributed by atoms with Gasteiger partial charge >= 0.3 is 0 Å². The van der Waals surface area contributed by atoms with E-state index in [2.05, 4.69) is 40.2 Å². The molecule has 1 aromatic heterocycles. The minimum atomic E-state index is 0.136. The van der Waals surface area contributed by atoms with Crippen LogP contribution in [0.25, 0.3) is 0 Å². The molecule has 1 unspecified atom stereocenters. The number of hydrogen-bond donors (Lipinski definition) is 0. The Bertz CT molecular complexity index is 810. The normalized spacial score (nSPS) is 25.0. The monoisotopic (exact) mass is 375 g/mol. The second-order valence-corrected chi connectivity index (χ2v) is 9.01. The summed E-state index contributed by atoms with van der Waals surface area (Å²) in [7, 11) is 0. The number of carbonyl (C=O) groups excluding carboxylic acids is 1. The molecule has 2 aromatic rings. The first-order chi connectivity index (χ1) is 13.7. The molecule has 4 nitrogen and oxygen atoms in total. The fraction of sp³-hybridized carbons (Fsp3) is 0.500. The van der Waals surface area contributed by atoms with Gasteiger partial charge in [-0.05, 0) is 61.1 Å². The first-order valence-corrected chi connectivity index (χ1v) is 10.7. The van der Waals surface area contributed by atoms with Gasteiger partial charge in [-0.2, -0.15) is 0 Å². The Morgan fingerprint density at radius 3 is 2.50 bits per heavy atom. The average Bonchev–Trinajstić information content (AvgIpc) is 3.60. The molecule has 3 fully saturated rings. The Hall–Kier alpha value is -2.20. The van der Waals surface area contributed by atoms with Gasteiger partial charge < -0.3 is 4.90 Å². The van der Waals surface area contributed by atoms with Gasteiger partial charge in [0.05, 0.1) is 5.56 Å². The van der Waals surface area contributed by atoms with Crippen LogP contribution in [0.1, 0.15) is 53.9 Å². The molecule has 1 aliphatic carbocycles. The van der Waals surface area contributed by atoms with Gasteiger partial charge in [0.2, 0.25) is 0 Å². The maximum absolute atomic E-state index is 12.8. The molecule has 0 bridgehead atoms. The molecule has 1 aromatic carbocycles. The van der Waals surface area contributed by atoms with Gasteiger partial charge in [0.1, 0.15) is 0 Å². The summed E-state index contributed by atoms with van der Waals surface area (Å²) in [5.41, 5.74) is 2.55. The summed E-state index contributed by atoms with van der Waals surface area (Å²) in [6.07, 6.45) is 9.63. The Morgan fingerprint density at radius 2 is 1.82 bits per heavy atom. The number of amides is 1. The van der Waals surface area contributed by atoms with Crippen molar-refractivity contribution in [3.8, 4) is 0 Å². The average molecular weight is 376 g/mol. The topological polar surface area (TPSA) is 36.4 Å². The predicted molar refractivity (Wildman–Crippen MR) is 110 cm³/mol. The number of nitrogens with zero attached hydrogens (tertiary/aromatic N) is 3. The molecule has 1 saturated carbocycles. The van der Waals surface area contributed by atoms with E-state index in [9.17, 15) is 4.79 Å². The third-order valence-corrected chi connectivity index (χ3v) is 7.03. The molecule has 4 heteroatoms. The summed E-state index contributed by atoms with van der Waals surface area (Å²) in [6, 6.07) is 15.6. The highest BCUT2D eigenvalue weighted by Gasteiger charge is 2.46. The van der Waals surface area contributed by atoms with E-state index < -0.39 is 0 Å². The van der Waals surface area contributed by atoms with E-state index in [0.29, 0.717) is 16.9 Å². The minimum Gasteiger partial charge on any atom is -0.339 e. The molecule has 146 valence electrons. The molecule has 1 amide bonds. The summed E-state index contributed by atoms with van der Waals surface area (Å²) >= 11 is 0. The lowest BCUT2D eigenvalue weighted by Gasteiger charge is -2.50. The highest BCUT2D eigenvalue weighted by molar-refractivity contribution is 5.93. The van der Waals surface area contributed by atoms with Crippen molar-refractivity contribution in [1.82, 2.24) is 14.8 Å². The number of likely N-dealkylation sites (tertiary alicyclic amines) is 2. The molecule has 3 aliphatic rings. The van der Waals surface area contributed by atoms with Gasteiger partial charge in [-0.15, -0.1) is 0 Å². The number of piperidine rings is 2. The van der Waals surface area contributed by atoms with E-state index in [1.54, 1.807) is 12.4 Å². The zero-order valence-corrected chi connectivity index (χ0v) is 16.5. The van der Waals surface area contributed by atoms with E-state index >= 15 is 0 Å². The number of carbonyl (C=O) groups is 1. The molecule has 1 atom stereocenters. The van der Waals surface area contributed by atoms with Crippen LogP contribution in [-0.2, 0) is 0 Å². The van der Waals surface area contributed by atoms with Crippen LogP contribution >= 0.6 is 0 Å². The van der Waals surface area contributed by atoms with Gasteiger partial charge in [0.15, 0.2) is 0 Å². The highest BCUT2D eigenvalue weighted by Crippen LogP contribution is 2.47. The summed E-state index contributed by atoms with van der Waals surface area (Å²) in [5, 5.41) is 0.